The first-order valence-corrected chi connectivity index (χ1v) is 7.42. The highest BCUT2D eigenvalue weighted by atomic mass is 35.5. The molecule has 96 valence electrons. The van der Waals surface area contributed by atoms with Gasteiger partial charge in [-0.3, -0.25) is 4.79 Å². The highest BCUT2D eigenvalue weighted by molar-refractivity contribution is 7.98. The van der Waals surface area contributed by atoms with Crippen LogP contribution in [0.4, 0.5) is 0 Å². The van der Waals surface area contributed by atoms with Crippen LogP contribution in [0.3, 0.4) is 0 Å². The third-order valence-electron chi connectivity index (χ3n) is 2.69. The summed E-state index contributed by atoms with van der Waals surface area (Å²) in [4.78, 5) is 13.1. The Hall–Kier alpha value is -1.51. The van der Waals surface area contributed by atoms with Gasteiger partial charge in [0.15, 0.2) is 5.78 Å². The molecule has 0 spiro atoms. The Kier molecular flexibility index (Phi) is 4.83. The molecule has 2 aromatic carbocycles. The minimum Gasteiger partial charge on any atom is -0.289 e. The molecule has 0 unspecified atom stereocenters. The van der Waals surface area contributed by atoms with Gasteiger partial charge in [-0.15, -0.1) is 11.8 Å². The van der Waals surface area contributed by atoms with Crippen molar-refractivity contribution in [2.45, 2.75) is 4.90 Å². The van der Waals surface area contributed by atoms with Gasteiger partial charge < -0.3 is 0 Å². The number of carbonyl (C=O) groups is 1. The van der Waals surface area contributed by atoms with Crippen LogP contribution in [0, 0.1) is 0 Å². The number of allylic oxidation sites excluding steroid dienone is 1. The summed E-state index contributed by atoms with van der Waals surface area (Å²) >= 11 is 7.68. The van der Waals surface area contributed by atoms with Crippen LogP contribution in [0.2, 0.25) is 5.02 Å². The van der Waals surface area contributed by atoms with Crippen molar-refractivity contribution >= 4 is 35.2 Å². The van der Waals surface area contributed by atoms with Gasteiger partial charge in [0.1, 0.15) is 0 Å². The summed E-state index contributed by atoms with van der Waals surface area (Å²) < 4.78 is 0. The molecule has 0 heterocycles. The zero-order valence-electron chi connectivity index (χ0n) is 10.5. The van der Waals surface area contributed by atoms with Crippen LogP contribution in [-0.4, -0.2) is 12.0 Å². The normalized spacial score (nSPS) is 10.8. The number of rotatable bonds is 4. The van der Waals surface area contributed by atoms with Crippen LogP contribution < -0.4 is 0 Å². The van der Waals surface area contributed by atoms with Gasteiger partial charge in [0.05, 0.1) is 0 Å². The topological polar surface area (TPSA) is 17.1 Å². The summed E-state index contributed by atoms with van der Waals surface area (Å²) in [6, 6.07) is 15.0. The van der Waals surface area contributed by atoms with E-state index in [4.69, 9.17) is 11.6 Å². The molecular weight excluding hydrogens is 276 g/mol. The SMILES string of the molecule is CSc1ccc(C(=O)/C=C/c2ccccc2Cl)cc1. The third-order valence-corrected chi connectivity index (χ3v) is 3.78. The summed E-state index contributed by atoms with van der Waals surface area (Å²) in [7, 11) is 0. The monoisotopic (exact) mass is 288 g/mol. The molecule has 0 saturated carbocycles. The summed E-state index contributed by atoms with van der Waals surface area (Å²) in [5.41, 5.74) is 1.53. The molecular formula is C16H13ClOS. The molecule has 0 saturated heterocycles. The molecule has 1 nitrogen and oxygen atoms in total. The number of benzene rings is 2. The maximum atomic E-state index is 12.0. The predicted molar refractivity (Wildman–Crippen MR) is 83.0 cm³/mol. The predicted octanol–water partition coefficient (Wildman–Crippen LogP) is 4.96. The number of ketones is 1. The van der Waals surface area contributed by atoms with E-state index in [1.165, 1.54) is 0 Å². The summed E-state index contributed by atoms with van der Waals surface area (Å²) in [6.45, 7) is 0. The summed E-state index contributed by atoms with van der Waals surface area (Å²) in [6.07, 6.45) is 5.30. The van der Waals surface area contributed by atoms with Crippen LogP contribution in [0.1, 0.15) is 15.9 Å². The minimum atomic E-state index is -0.0208. The van der Waals surface area contributed by atoms with E-state index in [0.29, 0.717) is 10.6 Å². The van der Waals surface area contributed by atoms with E-state index in [2.05, 4.69) is 0 Å². The Morgan fingerprint density at radius 2 is 1.79 bits per heavy atom. The molecule has 0 amide bonds. The Bertz CT molecular complexity index is 602. The smallest absolute Gasteiger partial charge is 0.185 e. The fraction of sp³-hybridized carbons (Fsp3) is 0.0625. The fourth-order valence-corrected chi connectivity index (χ4v) is 2.23. The second kappa shape index (κ2) is 6.60. The Morgan fingerprint density at radius 1 is 1.11 bits per heavy atom. The van der Waals surface area contributed by atoms with Crippen molar-refractivity contribution in [3.8, 4) is 0 Å². The maximum absolute atomic E-state index is 12.0. The van der Waals surface area contributed by atoms with Gasteiger partial charge in [-0.25, -0.2) is 0 Å². The van der Waals surface area contributed by atoms with Gasteiger partial charge in [0.2, 0.25) is 0 Å². The van der Waals surface area contributed by atoms with Crippen LogP contribution in [0.5, 0.6) is 0 Å². The highest BCUT2D eigenvalue weighted by Crippen LogP contribution is 2.18. The van der Waals surface area contributed by atoms with Crippen molar-refractivity contribution in [3.63, 3.8) is 0 Å². The summed E-state index contributed by atoms with van der Waals surface area (Å²) in [5, 5.41) is 0.643. The fourth-order valence-electron chi connectivity index (χ4n) is 1.63. The second-order valence-corrected chi connectivity index (χ2v) is 5.23. The molecule has 0 fully saturated rings. The van der Waals surface area contributed by atoms with Crippen molar-refractivity contribution in [3.05, 3.63) is 70.8 Å². The van der Waals surface area contributed by atoms with Gasteiger partial charge in [-0.05, 0) is 54.3 Å². The number of carbonyl (C=O) groups excluding carboxylic acids is 1. The number of thioether (sulfide) groups is 1. The van der Waals surface area contributed by atoms with E-state index in [1.807, 2.05) is 48.7 Å². The molecule has 0 aliphatic rings. The first kappa shape index (κ1) is 13.9. The lowest BCUT2D eigenvalue weighted by Crippen LogP contribution is -1.93. The van der Waals surface area contributed by atoms with Gasteiger partial charge in [-0.2, -0.15) is 0 Å². The molecule has 2 aromatic rings. The van der Waals surface area contributed by atoms with Gasteiger partial charge >= 0.3 is 0 Å². The lowest BCUT2D eigenvalue weighted by atomic mass is 10.1. The molecule has 0 N–H and O–H groups in total. The van der Waals surface area contributed by atoms with E-state index >= 15 is 0 Å². The Labute approximate surface area is 122 Å². The van der Waals surface area contributed by atoms with E-state index in [1.54, 1.807) is 30.0 Å². The summed E-state index contributed by atoms with van der Waals surface area (Å²) in [5.74, 6) is -0.0208. The standard InChI is InChI=1S/C16H13ClOS/c1-19-14-9-6-13(7-10-14)16(18)11-8-12-4-2-3-5-15(12)17/h2-11H,1H3/b11-8+. The largest absolute Gasteiger partial charge is 0.289 e. The number of hydrogen-bond donors (Lipinski definition) is 0. The molecule has 2 rings (SSSR count). The Morgan fingerprint density at radius 3 is 2.42 bits per heavy atom. The van der Waals surface area contributed by atoms with Crippen molar-refractivity contribution < 1.29 is 4.79 Å². The second-order valence-electron chi connectivity index (χ2n) is 3.95. The lowest BCUT2D eigenvalue weighted by molar-refractivity contribution is 0.104. The lowest BCUT2D eigenvalue weighted by Gasteiger charge is -1.99. The van der Waals surface area contributed by atoms with E-state index < -0.39 is 0 Å². The first-order valence-electron chi connectivity index (χ1n) is 5.81. The van der Waals surface area contributed by atoms with Gasteiger partial charge in [0.25, 0.3) is 0 Å². The molecule has 0 atom stereocenters. The Balaban J connectivity index is 2.14. The molecule has 0 bridgehead atoms. The average Bonchev–Trinajstić information content (AvgIpc) is 2.46. The zero-order valence-corrected chi connectivity index (χ0v) is 12.0. The van der Waals surface area contributed by atoms with Crippen LogP contribution in [0.25, 0.3) is 6.08 Å². The number of hydrogen-bond acceptors (Lipinski definition) is 2. The average molecular weight is 289 g/mol. The number of halogens is 1. The first-order chi connectivity index (χ1) is 9.20. The molecule has 3 heteroatoms. The van der Waals surface area contributed by atoms with E-state index in [0.717, 1.165) is 10.5 Å². The zero-order chi connectivity index (χ0) is 13.7. The molecule has 0 radical (unpaired) electrons. The van der Waals surface area contributed by atoms with E-state index in [-0.39, 0.29) is 5.78 Å². The van der Waals surface area contributed by atoms with E-state index in [9.17, 15) is 4.79 Å². The van der Waals surface area contributed by atoms with Gasteiger partial charge in [-0.1, -0.05) is 29.8 Å². The highest BCUT2D eigenvalue weighted by Gasteiger charge is 2.02. The molecule has 0 aliphatic heterocycles. The van der Waals surface area contributed by atoms with Crippen molar-refractivity contribution in [2.24, 2.45) is 0 Å². The minimum absolute atomic E-state index is 0.0208. The van der Waals surface area contributed by atoms with Gasteiger partial charge in [0, 0.05) is 15.5 Å². The van der Waals surface area contributed by atoms with Crippen molar-refractivity contribution in [1.82, 2.24) is 0 Å². The molecule has 0 aromatic heterocycles. The van der Waals surface area contributed by atoms with Crippen LogP contribution >= 0.6 is 23.4 Å². The maximum Gasteiger partial charge on any atom is 0.185 e. The molecule has 0 aliphatic carbocycles. The molecule has 19 heavy (non-hydrogen) atoms. The van der Waals surface area contributed by atoms with Crippen molar-refractivity contribution in [2.75, 3.05) is 6.26 Å². The van der Waals surface area contributed by atoms with Crippen molar-refractivity contribution in [1.29, 1.82) is 0 Å². The third kappa shape index (κ3) is 3.72. The van der Waals surface area contributed by atoms with Crippen LogP contribution in [0.15, 0.2) is 59.5 Å². The quantitative estimate of drug-likeness (QED) is 0.449. The van der Waals surface area contributed by atoms with Crippen LogP contribution in [-0.2, 0) is 0 Å².